The summed E-state index contributed by atoms with van der Waals surface area (Å²) >= 11 is 0. The van der Waals surface area contributed by atoms with E-state index in [0.717, 1.165) is 36.1 Å². The van der Waals surface area contributed by atoms with Crippen molar-refractivity contribution in [3.63, 3.8) is 0 Å². The van der Waals surface area contributed by atoms with Gasteiger partial charge in [0, 0.05) is 24.2 Å². The topological polar surface area (TPSA) is 65.5 Å². The molecule has 1 fully saturated rings. The van der Waals surface area contributed by atoms with Gasteiger partial charge in [0.25, 0.3) is 0 Å². The van der Waals surface area contributed by atoms with Crippen molar-refractivity contribution in [2.24, 2.45) is 16.8 Å². The van der Waals surface area contributed by atoms with Gasteiger partial charge in [-0.15, -0.1) is 0 Å². The summed E-state index contributed by atoms with van der Waals surface area (Å²) in [4.78, 5) is 16.7. The second-order valence-corrected chi connectivity index (χ2v) is 6.66. The van der Waals surface area contributed by atoms with Gasteiger partial charge in [0.15, 0.2) is 5.96 Å². The Bertz CT molecular complexity index is 584. The Morgan fingerprint density at radius 2 is 2.12 bits per heavy atom. The highest BCUT2D eigenvalue weighted by Crippen LogP contribution is 2.28. The number of benzene rings is 1. The first-order chi connectivity index (χ1) is 11.5. The number of anilines is 1. The van der Waals surface area contributed by atoms with Crippen LogP contribution in [0.1, 0.15) is 46.1 Å². The zero-order valence-electron chi connectivity index (χ0n) is 15.2. The number of nitrogens with zero attached hydrogens (tertiary/aromatic N) is 1. The van der Waals surface area contributed by atoms with Crippen LogP contribution in [0.2, 0.25) is 0 Å². The summed E-state index contributed by atoms with van der Waals surface area (Å²) in [5.41, 5.74) is 1.92. The number of rotatable bonds is 7. The molecule has 3 N–H and O–H groups in total. The van der Waals surface area contributed by atoms with Crippen molar-refractivity contribution in [1.29, 1.82) is 0 Å². The molecule has 1 aliphatic rings. The van der Waals surface area contributed by atoms with Crippen molar-refractivity contribution >= 4 is 17.6 Å². The highest BCUT2D eigenvalue weighted by molar-refractivity contribution is 5.92. The molecular formula is C19H30N4O. The van der Waals surface area contributed by atoms with E-state index in [0.29, 0.717) is 12.6 Å². The molecule has 0 spiro atoms. The Kier molecular flexibility index (Phi) is 6.64. The van der Waals surface area contributed by atoms with E-state index in [1.54, 1.807) is 0 Å². The van der Waals surface area contributed by atoms with Gasteiger partial charge in [-0.3, -0.25) is 4.79 Å². The van der Waals surface area contributed by atoms with E-state index < -0.39 is 0 Å². The summed E-state index contributed by atoms with van der Waals surface area (Å²) in [6.07, 6.45) is 2.05. The molecular weight excluding hydrogens is 300 g/mol. The van der Waals surface area contributed by atoms with Gasteiger partial charge in [-0.2, -0.15) is 0 Å². The summed E-state index contributed by atoms with van der Waals surface area (Å²) in [5, 5.41) is 9.71. The number of aliphatic imine (C=N–C) groups is 1. The number of amides is 1. The van der Waals surface area contributed by atoms with Crippen molar-refractivity contribution in [2.75, 3.05) is 11.9 Å². The molecule has 5 nitrogen and oxygen atoms in total. The van der Waals surface area contributed by atoms with Gasteiger partial charge < -0.3 is 16.0 Å². The Balaban J connectivity index is 1.96. The molecule has 3 unspecified atom stereocenters. The van der Waals surface area contributed by atoms with Crippen molar-refractivity contribution in [2.45, 2.75) is 53.1 Å². The average molecular weight is 330 g/mol. The normalized spacial score (nSPS) is 21.1. The first-order valence-corrected chi connectivity index (χ1v) is 8.98. The maximum atomic E-state index is 12.0. The minimum atomic E-state index is 0.0248. The van der Waals surface area contributed by atoms with Crippen LogP contribution in [-0.2, 0) is 11.3 Å². The Labute approximate surface area is 145 Å². The van der Waals surface area contributed by atoms with Gasteiger partial charge in [0.2, 0.25) is 5.91 Å². The first kappa shape index (κ1) is 18.3. The van der Waals surface area contributed by atoms with E-state index in [4.69, 9.17) is 0 Å². The van der Waals surface area contributed by atoms with Gasteiger partial charge in [0.05, 0.1) is 6.54 Å². The number of nitrogens with one attached hydrogen (secondary N) is 3. The minimum absolute atomic E-state index is 0.0248. The second-order valence-electron chi connectivity index (χ2n) is 6.66. The van der Waals surface area contributed by atoms with Crippen LogP contribution in [-0.4, -0.2) is 24.5 Å². The highest BCUT2D eigenvalue weighted by Gasteiger charge is 2.33. The monoisotopic (exact) mass is 330 g/mol. The molecule has 2 rings (SSSR count). The molecule has 0 bridgehead atoms. The molecule has 0 aliphatic heterocycles. The first-order valence-electron chi connectivity index (χ1n) is 8.98. The molecule has 0 heterocycles. The summed E-state index contributed by atoms with van der Waals surface area (Å²) in [6, 6.07) is 8.45. The number of hydrogen-bond acceptors (Lipinski definition) is 2. The third kappa shape index (κ3) is 5.55. The average Bonchev–Trinajstić information content (AvgIpc) is 3.27. The van der Waals surface area contributed by atoms with Gasteiger partial charge in [0.1, 0.15) is 0 Å². The molecule has 3 atom stereocenters. The molecule has 0 radical (unpaired) electrons. The zero-order valence-corrected chi connectivity index (χ0v) is 15.2. The predicted molar refractivity (Wildman–Crippen MR) is 100 cm³/mol. The third-order valence-electron chi connectivity index (χ3n) is 4.45. The van der Waals surface area contributed by atoms with Crippen LogP contribution in [0.5, 0.6) is 0 Å². The predicted octanol–water partition coefficient (Wildman–Crippen LogP) is 3.13. The lowest BCUT2D eigenvalue weighted by Gasteiger charge is -2.12. The fourth-order valence-corrected chi connectivity index (χ4v) is 2.39. The maximum Gasteiger partial charge on any atom is 0.227 e. The summed E-state index contributed by atoms with van der Waals surface area (Å²) < 4.78 is 0. The van der Waals surface area contributed by atoms with Crippen LogP contribution in [0.25, 0.3) is 0 Å². The molecule has 0 aromatic heterocycles. The van der Waals surface area contributed by atoms with E-state index in [1.807, 2.05) is 38.1 Å². The molecule has 24 heavy (non-hydrogen) atoms. The van der Waals surface area contributed by atoms with Crippen LogP contribution < -0.4 is 16.0 Å². The van der Waals surface area contributed by atoms with Crippen molar-refractivity contribution in [3.05, 3.63) is 29.8 Å². The van der Waals surface area contributed by atoms with Crippen LogP contribution >= 0.6 is 0 Å². The fourth-order valence-electron chi connectivity index (χ4n) is 2.39. The fraction of sp³-hybridized carbons (Fsp3) is 0.579. The van der Waals surface area contributed by atoms with E-state index >= 15 is 0 Å². The number of carbonyl (C=O) groups excluding carboxylic acids is 1. The Morgan fingerprint density at radius 3 is 2.75 bits per heavy atom. The quantitative estimate of drug-likeness (QED) is 0.531. The highest BCUT2D eigenvalue weighted by atomic mass is 16.1. The van der Waals surface area contributed by atoms with E-state index in [9.17, 15) is 4.79 Å². The largest absolute Gasteiger partial charge is 0.357 e. The zero-order chi connectivity index (χ0) is 17.5. The van der Waals surface area contributed by atoms with E-state index in [1.165, 1.54) is 6.42 Å². The lowest BCUT2D eigenvalue weighted by atomic mass is 10.1. The minimum Gasteiger partial charge on any atom is -0.357 e. The molecule has 1 amide bonds. The van der Waals surface area contributed by atoms with E-state index in [-0.39, 0.29) is 11.8 Å². The van der Waals surface area contributed by atoms with Gasteiger partial charge in [-0.05, 0) is 43.4 Å². The number of carbonyl (C=O) groups is 1. The van der Waals surface area contributed by atoms with Crippen molar-refractivity contribution < 1.29 is 4.79 Å². The Hall–Kier alpha value is -2.04. The SMILES string of the molecule is CCNC(=NCc1cccc(NC(=O)C(C)CC)c1)NC1CC1C. The summed E-state index contributed by atoms with van der Waals surface area (Å²) in [7, 11) is 0. The molecule has 1 aromatic rings. The summed E-state index contributed by atoms with van der Waals surface area (Å²) in [6.45, 7) is 9.70. The van der Waals surface area contributed by atoms with Crippen molar-refractivity contribution in [3.8, 4) is 0 Å². The van der Waals surface area contributed by atoms with Gasteiger partial charge >= 0.3 is 0 Å². The molecule has 132 valence electrons. The number of guanidine groups is 1. The molecule has 0 saturated heterocycles. The van der Waals surface area contributed by atoms with E-state index in [2.05, 4.69) is 34.8 Å². The van der Waals surface area contributed by atoms with Crippen molar-refractivity contribution in [1.82, 2.24) is 10.6 Å². The summed E-state index contributed by atoms with van der Waals surface area (Å²) in [5.74, 6) is 1.68. The van der Waals surface area contributed by atoms with Crippen LogP contribution in [0.4, 0.5) is 5.69 Å². The lowest BCUT2D eigenvalue weighted by Crippen LogP contribution is -2.39. The van der Waals surface area contributed by atoms with Crippen LogP contribution in [0, 0.1) is 11.8 Å². The number of hydrogen-bond donors (Lipinski definition) is 3. The molecule has 1 aliphatic carbocycles. The third-order valence-corrected chi connectivity index (χ3v) is 4.45. The van der Waals surface area contributed by atoms with Crippen LogP contribution in [0.15, 0.2) is 29.3 Å². The lowest BCUT2D eigenvalue weighted by molar-refractivity contribution is -0.119. The molecule has 1 saturated carbocycles. The molecule has 1 aromatic carbocycles. The smallest absolute Gasteiger partial charge is 0.227 e. The van der Waals surface area contributed by atoms with Crippen LogP contribution in [0.3, 0.4) is 0 Å². The Morgan fingerprint density at radius 1 is 1.38 bits per heavy atom. The molecule has 5 heteroatoms. The van der Waals surface area contributed by atoms with Gasteiger partial charge in [-0.25, -0.2) is 4.99 Å². The van der Waals surface area contributed by atoms with Gasteiger partial charge in [-0.1, -0.05) is 32.9 Å². The maximum absolute atomic E-state index is 12.0. The standard InChI is InChI=1S/C19H30N4O/c1-5-13(3)18(24)22-16-9-7-8-15(11-16)12-21-19(20-6-2)23-17-10-14(17)4/h7-9,11,13-14,17H,5-6,10,12H2,1-4H3,(H,22,24)(H2,20,21,23). The second kappa shape index (κ2) is 8.71.